The van der Waals surface area contributed by atoms with Gasteiger partial charge in [0.15, 0.2) is 24.0 Å². The van der Waals surface area contributed by atoms with Crippen LogP contribution < -0.4 is 14.8 Å². The van der Waals surface area contributed by atoms with E-state index < -0.39 is 48.2 Å². The zero-order chi connectivity index (χ0) is 21.0. The van der Waals surface area contributed by atoms with Crippen molar-refractivity contribution in [2.24, 2.45) is 0 Å². The smallest absolute Gasteiger partial charge is 0.256 e. The molecular weight excluding hydrogens is 382 g/mol. The number of nitrogens with one attached hydrogen (secondary N) is 1. The van der Waals surface area contributed by atoms with Crippen LogP contribution in [0, 0.1) is 0 Å². The van der Waals surface area contributed by atoms with Gasteiger partial charge < -0.3 is 38.5 Å². The van der Waals surface area contributed by atoms with Crippen LogP contribution >= 0.6 is 0 Å². The maximum atomic E-state index is 13.2. The number of hydrogen-bond donors (Lipinski definition) is 1. The summed E-state index contributed by atoms with van der Waals surface area (Å²) in [6.45, 7) is 7.17. The van der Waals surface area contributed by atoms with Gasteiger partial charge >= 0.3 is 0 Å². The van der Waals surface area contributed by atoms with Gasteiger partial charge in [0.1, 0.15) is 29.8 Å². The number of anilines is 1. The van der Waals surface area contributed by atoms with Crippen LogP contribution in [0.15, 0.2) is 18.2 Å². The molecule has 0 spiro atoms. The Morgan fingerprint density at radius 2 is 1.59 bits per heavy atom. The number of amides is 1. The Bertz CT molecular complexity index is 795. The second-order valence-corrected chi connectivity index (χ2v) is 8.15. The lowest BCUT2D eigenvalue weighted by atomic mass is 9.98. The van der Waals surface area contributed by atoms with Gasteiger partial charge in [0.25, 0.3) is 5.91 Å². The topological polar surface area (TPSA) is 93.7 Å². The monoisotopic (exact) mass is 409 g/mol. The van der Waals surface area contributed by atoms with E-state index >= 15 is 0 Å². The number of rotatable bonds is 4. The van der Waals surface area contributed by atoms with Crippen LogP contribution in [0.5, 0.6) is 11.5 Å². The van der Waals surface area contributed by atoms with Crippen LogP contribution in [-0.2, 0) is 28.5 Å². The predicted octanol–water partition coefficient (Wildman–Crippen LogP) is 2.04. The lowest BCUT2D eigenvalue weighted by molar-refractivity contribution is -0.229. The first kappa shape index (κ1) is 20.4. The zero-order valence-electron chi connectivity index (χ0n) is 17.4. The average molecular weight is 409 g/mol. The molecule has 3 aliphatic rings. The van der Waals surface area contributed by atoms with Gasteiger partial charge in [-0.3, -0.25) is 4.79 Å². The van der Waals surface area contributed by atoms with Crippen LogP contribution in [0.25, 0.3) is 0 Å². The summed E-state index contributed by atoms with van der Waals surface area (Å²) >= 11 is 0. The molecular formula is C20H27NO8. The van der Waals surface area contributed by atoms with Gasteiger partial charge in [-0.05, 0) is 39.8 Å². The van der Waals surface area contributed by atoms with Crippen molar-refractivity contribution in [2.75, 3.05) is 19.5 Å². The molecule has 9 heteroatoms. The van der Waals surface area contributed by atoms with E-state index in [1.54, 1.807) is 53.0 Å². The molecule has 3 aliphatic heterocycles. The first-order valence-electron chi connectivity index (χ1n) is 9.52. The molecule has 3 saturated heterocycles. The van der Waals surface area contributed by atoms with E-state index in [1.807, 2.05) is 0 Å². The summed E-state index contributed by atoms with van der Waals surface area (Å²) in [4.78, 5) is 13.2. The second kappa shape index (κ2) is 7.10. The molecule has 1 aromatic rings. The summed E-state index contributed by atoms with van der Waals surface area (Å²) in [6, 6.07) is 5.13. The number of fused-ring (bicyclic) bond motifs is 3. The Morgan fingerprint density at radius 1 is 0.931 bits per heavy atom. The minimum atomic E-state index is -0.962. The van der Waals surface area contributed by atoms with Crippen LogP contribution in [0.1, 0.15) is 27.7 Å². The number of methoxy groups -OCH3 is 2. The van der Waals surface area contributed by atoms with Crippen LogP contribution in [0.4, 0.5) is 5.69 Å². The number of benzene rings is 1. The molecule has 3 fully saturated rings. The Hall–Kier alpha value is -1.91. The predicted molar refractivity (Wildman–Crippen MR) is 101 cm³/mol. The van der Waals surface area contributed by atoms with E-state index in [0.717, 1.165) is 0 Å². The van der Waals surface area contributed by atoms with Crippen LogP contribution in [-0.4, -0.2) is 62.4 Å². The normalized spacial score (nSPS) is 34.2. The van der Waals surface area contributed by atoms with Crippen LogP contribution in [0.2, 0.25) is 0 Å². The van der Waals surface area contributed by atoms with E-state index in [4.69, 9.17) is 33.2 Å². The second-order valence-electron chi connectivity index (χ2n) is 8.15. The van der Waals surface area contributed by atoms with Crippen molar-refractivity contribution in [2.45, 2.75) is 70.0 Å². The maximum absolute atomic E-state index is 13.2. The van der Waals surface area contributed by atoms with Gasteiger partial charge in [-0.25, -0.2) is 0 Å². The maximum Gasteiger partial charge on any atom is 0.256 e. The summed E-state index contributed by atoms with van der Waals surface area (Å²) in [5, 5.41) is 2.85. The summed E-state index contributed by atoms with van der Waals surface area (Å²) in [5.74, 6) is -1.05. The lowest BCUT2D eigenvalue weighted by Crippen LogP contribution is -2.58. The summed E-state index contributed by atoms with van der Waals surface area (Å²) < 4.78 is 40.4. The zero-order valence-corrected chi connectivity index (χ0v) is 17.4. The van der Waals surface area contributed by atoms with Gasteiger partial charge in [0, 0.05) is 6.07 Å². The van der Waals surface area contributed by atoms with Crippen molar-refractivity contribution in [1.29, 1.82) is 0 Å². The van der Waals surface area contributed by atoms with Gasteiger partial charge in [-0.15, -0.1) is 0 Å². The standard InChI is InChI=1S/C20H27NO8/c1-19(2)26-13-14(27-19)16-18(29-20(3,4)28-16)25-15(13)17(22)21-11-9-10(23-5)7-8-12(11)24-6/h7-9,13-16,18H,1-6H3,(H,21,22)/t13-,14-,15-,16-,18-/m1/s1. The van der Waals surface area contributed by atoms with E-state index in [2.05, 4.69) is 5.32 Å². The number of hydrogen-bond acceptors (Lipinski definition) is 8. The molecule has 3 heterocycles. The van der Waals surface area contributed by atoms with Crippen molar-refractivity contribution in [3.63, 3.8) is 0 Å². The summed E-state index contributed by atoms with van der Waals surface area (Å²) in [6.07, 6.45) is -3.36. The molecule has 160 valence electrons. The molecule has 5 atom stereocenters. The molecule has 0 radical (unpaired) electrons. The molecule has 4 rings (SSSR count). The number of ether oxygens (including phenoxy) is 7. The molecule has 0 saturated carbocycles. The molecule has 1 amide bonds. The molecule has 29 heavy (non-hydrogen) atoms. The van der Waals surface area contributed by atoms with E-state index in [0.29, 0.717) is 17.2 Å². The van der Waals surface area contributed by atoms with Crippen molar-refractivity contribution in [3.05, 3.63) is 18.2 Å². The fourth-order valence-corrected chi connectivity index (χ4v) is 3.94. The average Bonchev–Trinajstić information content (AvgIpc) is 3.14. The highest BCUT2D eigenvalue weighted by molar-refractivity contribution is 5.96. The Morgan fingerprint density at radius 3 is 2.28 bits per heavy atom. The third-order valence-electron chi connectivity index (χ3n) is 5.08. The molecule has 0 aliphatic carbocycles. The minimum absolute atomic E-state index is 0.403. The highest BCUT2D eigenvalue weighted by atomic mass is 16.9. The van der Waals surface area contributed by atoms with E-state index in [-0.39, 0.29) is 0 Å². The molecule has 1 N–H and O–H groups in total. The van der Waals surface area contributed by atoms with Crippen molar-refractivity contribution in [3.8, 4) is 11.5 Å². The minimum Gasteiger partial charge on any atom is -0.497 e. The SMILES string of the molecule is COc1ccc(OC)c(NC(=O)[C@@H]2O[C@@H]3OC(C)(C)O[C@@H]3[C@@H]3OC(C)(C)O[C@H]32)c1. The third-order valence-corrected chi connectivity index (χ3v) is 5.08. The Balaban J connectivity index is 1.60. The lowest BCUT2D eigenvalue weighted by Gasteiger charge is -2.36. The fraction of sp³-hybridized carbons (Fsp3) is 0.650. The van der Waals surface area contributed by atoms with Gasteiger partial charge in [-0.2, -0.15) is 0 Å². The first-order chi connectivity index (χ1) is 13.6. The molecule has 0 unspecified atom stereocenters. The van der Waals surface area contributed by atoms with Gasteiger partial charge in [-0.1, -0.05) is 0 Å². The highest BCUT2D eigenvalue weighted by Crippen LogP contribution is 2.44. The van der Waals surface area contributed by atoms with E-state index in [1.165, 1.54) is 7.11 Å². The number of carbonyl (C=O) groups is 1. The summed E-state index contributed by atoms with van der Waals surface area (Å²) in [7, 11) is 3.07. The van der Waals surface area contributed by atoms with E-state index in [9.17, 15) is 4.79 Å². The van der Waals surface area contributed by atoms with Gasteiger partial charge in [0.2, 0.25) is 0 Å². The van der Waals surface area contributed by atoms with Gasteiger partial charge in [0.05, 0.1) is 19.9 Å². The largest absolute Gasteiger partial charge is 0.497 e. The highest BCUT2D eigenvalue weighted by Gasteiger charge is 2.62. The Kier molecular flexibility index (Phi) is 4.99. The number of carbonyl (C=O) groups excluding carboxylic acids is 1. The molecule has 0 bridgehead atoms. The first-order valence-corrected chi connectivity index (χ1v) is 9.52. The van der Waals surface area contributed by atoms with Crippen molar-refractivity contribution >= 4 is 11.6 Å². The quantitative estimate of drug-likeness (QED) is 0.808. The van der Waals surface area contributed by atoms with Crippen molar-refractivity contribution < 1.29 is 38.0 Å². The summed E-state index contributed by atoms with van der Waals surface area (Å²) in [5.41, 5.74) is 0.459. The van der Waals surface area contributed by atoms with Crippen molar-refractivity contribution in [1.82, 2.24) is 0 Å². The molecule has 0 aromatic heterocycles. The molecule has 9 nitrogen and oxygen atoms in total. The fourth-order valence-electron chi connectivity index (χ4n) is 3.94. The Labute approximate surface area is 169 Å². The van der Waals surface area contributed by atoms with Crippen LogP contribution in [0.3, 0.4) is 0 Å². The third kappa shape index (κ3) is 3.80. The molecule has 1 aromatic carbocycles.